The summed E-state index contributed by atoms with van der Waals surface area (Å²) in [4.78, 5) is 29.1. The zero-order valence-corrected chi connectivity index (χ0v) is 12.7. The number of carbonyl (C=O) groups is 2. The lowest BCUT2D eigenvalue weighted by molar-refractivity contribution is 0.0701. The molecule has 2 rings (SSSR count). The third kappa shape index (κ3) is 3.70. The van der Waals surface area contributed by atoms with E-state index in [0.717, 1.165) is 30.6 Å². The normalized spacial score (nSPS) is 14.6. The van der Waals surface area contributed by atoms with Crippen molar-refractivity contribution in [2.75, 3.05) is 13.2 Å². The molecule has 7 nitrogen and oxygen atoms in total. The highest BCUT2D eigenvalue weighted by Crippen LogP contribution is 2.24. The zero-order chi connectivity index (χ0) is 15.4. The van der Waals surface area contributed by atoms with Gasteiger partial charge in [0, 0.05) is 12.6 Å². The summed E-state index contributed by atoms with van der Waals surface area (Å²) in [6.07, 6.45) is 3.04. The van der Waals surface area contributed by atoms with Crippen LogP contribution < -0.4 is 5.32 Å². The highest BCUT2D eigenvalue weighted by molar-refractivity contribution is 7.13. The van der Waals surface area contributed by atoms with E-state index in [1.54, 1.807) is 11.8 Å². The standard InChI is InChI=1S/C13H19N3O4S/c1-8-11(12(18)19)21-10(15-8)7-14-13(20)16(5-6-17)9-3-2-4-9/h9,17H,2-7H2,1H3,(H,14,20)(H,18,19). The lowest BCUT2D eigenvalue weighted by atomic mass is 9.92. The maximum absolute atomic E-state index is 12.1. The van der Waals surface area contributed by atoms with Crippen LogP contribution in [-0.4, -0.2) is 51.3 Å². The van der Waals surface area contributed by atoms with E-state index in [1.807, 2.05) is 0 Å². The predicted molar refractivity (Wildman–Crippen MR) is 77.5 cm³/mol. The third-order valence-electron chi connectivity index (χ3n) is 3.54. The van der Waals surface area contributed by atoms with Crippen LogP contribution in [-0.2, 0) is 6.54 Å². The number of amides is 2. The van der Waals surface area contributed by atoms with Gasteiger partial charge in [0.1, 0.15) is 9.88 Å². The molecule has 116 valence electrons. The molecule has 0 bridgehead atoms. The van der Waals surface area contributed by atoms with Gasteiger partial charge in [0.15, 0.2) is 0 Å². The quantitative estimate of drug-likeness (QED) is 0.732. The number of hydrogen-bond acceptors (Lipinski definition) is 5. The third-order valence-corrected chi connectivity index (χ3v) is 4.69. The summed E-state index contributed by atoms with van der Waals surface area (Å²) >= 11 is 1.07. The summed E-state index contributed by atoms with van der Waals surface area (Å²) in [6, 6.07) is -0.0387. The molecule has 21 heavy (non-hydrogen) atoms. The Morgan fingerprint density at radius 3 is 2.67 bits per heavy atom. The molecule has 0 aromatic carbocycles. The van der Waals surface area contributed by atoms with Crippen LogP contribution in [0.2, 0.25) is 0 Å². The minimum atomic E-state index is -1.00. The van der Waals surface area contributed by atoms with E-state index in [4.69, 9.17) is 10.2 Å². The minimum Gasteiger partial charge on any atom is -0.477 e. The molecule has 0 atom stereocenters. The molecule has 1 aromatic rings. The number of nitrogens with zero attached hydrogens (tertiary/aromatic N) is 2. The lowest BCUT2D eigenvalue weighted by Gasteiger charge is -2.37. The summed E-state index contributed by atoms with van der Waals surface area (Å²) in [6.45, 7) is 2.08. The van der Waals surface area contributed by atoms with Gasteiger partial charge in [0.2, 0.25) is 0 Å². The van der Waals surface area contributed by atoms with Gasteiger partial charge in [-0.05, 0) is 26.2 Å². The zero-order valence-electron chi connectivity index (χ0n) is 11.8. The first-order valence-electron chi connectivity index (χ1n) is 6.88. The van der Waals surface area contributed by atoms with Gasteiger partial charge in [-0.2, -0.15) is 0 Å². The van der Waals surface area contributed by atoms with Crippen LogP contribution in [0.1, 0.15) is 39.6 Å². The van der Waals surface area contributed by atoms with E-state index in [0.29, 0.717) is 17.2 Å². The first-order chi connectivity index (χ1) is 10.0. The number of aromatic nitrogens is 1. The van der Waals surface area contributed by atoms with E-state index >= 15 is 0 Å². The molecule has 8 heteroatoms. The van der Waals surface area contributed by atoms with Gasteiger partial charge in [-0.1, -0.05) is 0 Å². The van der Waals surface area contributed by atoms with Crippen LogP contribution in [0.5, 0.6) is 0 Å². The Bertz CT molecular complexity index is 527. The van der Waals surface area contributed by atoms with Crippen molar-refractivity contribution in [2.24, 2.45) is 0 Å². The minimum absolute atomic E-state index is 0.0660. The van der Waals surface area contributed by atoms with Crippen molar-refractivity contribution in [2.45, 2.75) is 38.8 Å². The molecular weight excluding hydrogens is 294 g/mol. The Hall–Kier alpha value is -1.67. The van der Waals surface area contributed by atoms with Crippen molar-refractivity contribution in [1.29, 1.82) is 0 Å². The SMILES string of the molecule is Cc1nc(CNC(=O)N(CCO)C2CCC2)sc1C(=O)O. The highest BCUT2D eigenvalue weighted by atomic mass is 32.1. The second kappa shape index (κ2) is 6.86. The number of hydrogen-bond donors (Lipinski definition) is 3. The number of rotatable bonds is 6. The Balaban J connectivity index is 1.93. The number of carbonyl (C=O) groups excluding carboxylic acids is 1. The van der Waals surface area contributed by atoms with E-state index in [9.17, 15) is 9.59 Å². The Labute approximate surface area is 126 Å². The fourth-order valence-electron chi connectivity index (χ4n) is 2.24. The van der Waals surface area contributed by atoms with Gasteiger partial charge in [-0.3, -0.25) is 0 Å². The average Bonchev–Trinajstić information content (AvgIpc) is 2.75. The summed E-state index contributed by atoms with van der Waals surface area (Å²) in [7, 11) is 0. The van der Waals surface area contributed by atoms with Crippen molar-refractivity contribution < 1.29 is 19.8 Å². The molecule has 0 radical (unpaired) electrons. The maximum Gasteiger partial charge on any atom is 0.347 e. The molecule has 1 aliphatic rings. The molecule has 0 aliphatic heterocycles. The van der Waals surface area contributed by atoms with Crippen molar-refractivity contribution in [3.63, 3.8) is 0 Å². The predicted octanol–water partition coefficient (Wildman–Crippen LogP) is 1.21. The van der Waals surface area contributed by atoms with E-state index < -0.39 is 5.97 Å². The molecule has 1 aromatic heterocycles. The van der Waals surface area contributed by atoms with E-state index in [1.165, 1.54) is 0 Å². The van der Waals surface area contributed by atoms with Crippen LogP contribution in [0.3, 0.4) is 0 Å². The number of carboxylic acids is 1. The number of thiazole rings is 1. The van der Waals surface area contributed by atoms with Crippen molar-refractivity contribution in [1.82, 2.24) is 15.2 Å². The molecule has 0 spiro atoms. The van der Waals surface area contributed by atoms with Crippen molar-refractivity contribution >= 4 is 23.3 Å². The summed E-state index contributed by atoms with van der Waals surface area (Å²) in [5.41, 5.74) is 0.461. The monoisotopic (exact) mass is 313 g/mol. The smallest absolute Gasteiger partial charge is 0.347 e. The van der Waals surface area contributed by atoms with Gasteiger partial charge >= 0.3 is 12.0 Å². The molecule has 1 heterocycles. The molecule has 1 aliphatic carbocycles. The van der Waals surface area contributed by atoms with Crippen molar-refractivity contribution in [3.05, 3.63) is 15.6 Å². The topological polar surface area (TPSA) is 103 Å². The van der Waals surface area contributed by atoms with Crippen molar-refractivity contribution in [3.8, 4) is 0 Å². The van der Waals surface area contributed by atoms with Crippen LogP contribution >= 0.6 is 11.3 Å². The largest absolute Gasteiger partial charge is 0.477 e. The van der Waals surface area contributed by atoms with Crippen LogP contribution in [0.15, 0.2) is 0 Å². The second-order valence-corrected chi connectivity index (χ2v) is 6.07. The lowest BCUT2D eigenvalue weighted by Crippen LogP contribution is -2.49. The van der Waals surface area contributed by atoms with Gasteiger partial charge < -0.3 is 20.4 Å². The Morgan fingerprint density at radius 2 is 2.19 bits per heavy atom. The molecule has 3 N–H and O–H groups in total. The second-order valence-electron chi connectivity index (χ2n) is 4.99. The maximum atomic E-state index is 12.1. The summed E-state index contributed by atoms with van der Waals surface area (Å²) < 4.78 is 0. The summed E-state index contributed by atoms with van der Waals surface area (Å²) in [5, 5.41) is 21.3. The molecule has 0 saturated heterocycles. The number of aromatic carboxylic acids is 1. The molecule has 1 saturated carbocycles. The Kier molecular flexibility index (Phi) is 5.13. The number of aliphatic hydroxyl groups is 1. The Morgan fingerprint density at radius 1 is 1.48 bits per heavy atom. The average molecular weight is 313 g/mol. The number of aryl methyl sites for hydroxylation is 1. The fraction of sp³-hybridized carbons (Fsp3) is 0.615. The molecule has 1 fully saturated rings. The first-order valence-corrected chi connectivity index (χ1v) is 7.69. The van der Waals surface area contributed by atoms with Gasteiger partial charge in [-0.15, -0.1) is 11.3 Å². The van der Waals surface area contributed by atoms with Crippen LogP contribution in [0.25, 0.3) is 0 Å². The number of aliphatic hydroxyl groups excluding tert-OH is 1. The van der Waals surface area contributed by atoms with E-state index in [2.05, 4.69) is 10.3 Å². The van der Waals surface area contributed by atoms with Gasteiger partial charge in [-0.25, -0.2) is 14.6 Å². The van der Waals surface area contributed by atoms with Crippen LogP contribution in [0, 0.1) is 6.92 Å². The first kappa shape index (κ1) is 15.7. The van der Waals surface area contributed by atoms with Crippen LogP contribution in [0.4, 0.5) is 4.79 Å². The number of urea groups is 1. The fourth-order valence-corrected chi connectivity index (χ4v) is 3.08. The highest BCUT2D eigenvalue weighted by Gasteiger charge is 2.28. The van der Waals surface area contributed by atoms with Gasteiger partial charge in [0.05, 0.1) is 18.8 Å². The number of nitrogens with one attached hydrogen (secondary N) is 1. The number of carboxylic acid groups (broad SMARTS) is 1. The molecule has 0 unspecified atom stereocenters. The summed E-state index contributed by atoms with van der Waals surface area (Å²) in [5.74, 6) is -1.00. The van der Waals surface area contributed by atoms with Gasteiger partial charge in [0.25, 0.3) is 0 Å². The van der Waals surface area contributed by atoms with E-state index in [-0.39, 0.29) is 30.1 Å². The molecule has 2 amide bonds. The molecular formula is C13H19N3O4S.